The first kappa shape index (κ1) is 13.1. The summed E-state index contributed by atoms with van der Waals surface area (Å²) in [7, 11) is 0. The van der Waals surface area contributed by atoms with E-state index in [1.807, 2.05) is 17.1 Å². The van der Waals surface area contributed by atoms with E-state index in [1.54, 1.807) is 0 Å². The second-order valence-corrected chi connectivity index (χ2v) is 5.24. The molecule has 96 valence electrons. The Bertz CT molecular complexity index is 466. The maximum absolute atomic E-state index is 12.0. The zero-order chi connectivity index (χ0) is 12.8. The number of rotatable bonds is 2. The Morgan fingerprint density at radius 3 is 2.89 bits per heavy atom. The van der Waals surface area contributed by atoms with Gasteiger partial charge >= 0.3 is 0 Å². The van der Waals surface area contributed by atoms with Gasteiger partial charge in [-0.2, -0.15) is 0 Å². The molecular formula is C13H17N3OS. The number of carbonyl (C=O) groups excluding carboxylic acids is 1. The lowest BCUT2D eigenvalue weighted by molar-refractivity contribution is 0.0754. The Kier molecular flexibility index (Phi) is 4.76. The number of nitrogens with zero attached hydrogens (tertiary/aromatic N) is 1. The van der Waals surface area contributed by atoms with Crippen LogP contribution in [0.4, 0.5) is 0 Å². The quantitative estimate of drug-likeness (QED) is 0.788. The number of amides is 1. The predicted molar refractivity (Wildman–Crippen MR) is 73.1 cm³/mol. The largest absolute Gasteiger partial charge is 0.320 e. The molecule has 0 radical (unpaired) electrons. The van der Waals surface area contributed by atoms with E-state index in [2.05, 4.69) is 17.3 Å². The van der Waals surface area contributed by atoms with Gasteiger partial charge in [0.05, 0.1) is 16.3 Å². The van der Waals surface area contributed by atoms with E-state index in [9.17, 15) is 4.79 Å². The number of nitrogens with one attached hydrogen (secondary N) is 1. The summed E-state index contributed by atoms with van der Waals surface area (Å²) >= 11 is 1.40. The summed E-state index contributed by atoms with van der Waals surface area (Å²) in [6, 6.07) is 3.67. The first-order valence-corrected chi connectivity index (χ1v) is 6.96. The minimum atomic E-state index is -0.0392. The molecule has 18 heavy (non-hydrogen) atoms. The molecule has 0 unspecified atom stereocenters. The molecule has 1 saturated heterocycles. The van der Waals surface area contributed by atoms with Gasteiger partial charge in [-0.25, -0.2) is 5.01 Å². The van der Waals surface area contributed by atoms with Gasteiger partial charge in [0.2, 0.25) is 0 Å². The highest BCUT2D eigenvalue weighted by Crippen LogP contribution is 2.16. The number of thiophene rings is 1. The molecular weight excluding hydrogens is 246 g/mol. The van der Waals surface area contributed by atoms with Gasteiger partial charge in [0, 0.05) is 13.1 Å². The summed E-state index contributed by atoms with van der Waals surface area (Å²) in [6.07, 6.45) is 3.56. The lowest BCUT2D eigenvalue weighted by atomic mass is 10.2. The van der Waals surface area contributed by atoms with Crippen LogP contribution in [0.1, 0.15) is 33.8 Å². The normalized spacial score (nSPS) is 15.8. The van der Waals surface area contributed by atoms with E-state index in [1.165, 1.54) is 17.8 Å². The zero-order valence-corrected chi connectivity index (χ0v) is 11.1. The number of nitrogens with two attached hydrogens (primary N) is 1. The molecule has 0 spiro atoms. The molecule has 2 heterocycles. The summed E-state index contributed by atoms with van der Waals surface area (Å²) in [5.74, 6) is 5.68. The highest BCUT2D eigenvalue weighted by molar-refractivity contribution is 7.14. The Hall–Kier alpha value is -1.35. The van der Waals surface area contributed by atoms with E-state index in [0.717, 1.165) is 30.8 Å². The number of carbonyl (C=O) groups is 1. The zero-order valence-electron chi connectivity index (χ0n) is 10.2. The van der Waals surface area contributed by atoms with Gasteiger partial charge in [0.25, 0.3) is 5.91 Å². The van der Waals surface area contributed by atoms with Crippen LogP contribution in [-0.2, 0) is 0 Å². The third-order valence-electron chi connectivity index (χ3n) is 2.76. The van der Waals surface area contributed by atoms with Crippen molar-refractivity contribution >= 4 is 17.2 Å². The molecule has 1 aliphatic heterocycles. The van der Waals surface area contributed by atoms with Crippen molar-refractivity contribution in [2.24, 2.45) is 5.73 Å². The van der Waals surface area contributed by atoms with Gasteiger partial charge in [0.15, 0.2) is 0 Å². The first-order valence-electron chi connectivity index (χ1n) is 6.14. The molecule has 0 aromatic carbocycles. The summed E-state index contributed by atoms with van der Waals surface area (Å²) < 4.78 is 0. The van der Waals surface area contributed by atoms with Gasteiger partial charge in [0.1, 0.15) is 0 Å². The van der Waals surface area contributed by atoms with E-state index in [4.69, 9.17) is 5.73 Å². The van der Waals surface area contributed by atoms with Crippen LogP contribution in [0.5, 0.6) is 0 Å². The molecule has 1 amide bonds. The van der Waals surface area contributed by atoms with Crippen LogP contribution < -0.4 is 11.2 Å². The van der Waals surface area contributed by atoms with Crippen molar-refractivity contribution in [1.82, 2.24) is 10.4 Å². The lowest BCUT2D eigenvalue weighted by Gasteiger charge is -2.26. The Balaban J connectivity index is 1.93. The third-order valence-corrected chi connectivity index (χ3v) is 3.76. The molecule has 1 fully saturated rings. The average molecular weight is 263 g/mol. The molecule has 1 aromatic rings. The number of hydrogen-bond donors (Lipinski definition) is 2. The first-order chi connectivity index (χ1) is 8.79. The van der Waals surface area contributed by atoms with Crippen molar-refractivity contribution in [1.29, 1.82) is 0 Å². The summed E-state index contributed by atoms with van der Waals surface area (Å²) in [5.41, 5.74) is 8.25. The fourth-order valence-corrected chi connectivity index (χ4v) is 2.64. The van der Waals surface area contributed by atoms with Crippen LogP contribution in [0.15, 0.2) is 12.1 Å². The topological polar surface area (TPSA) is 58.4 Å². The molecule has 0 saturated carbocycles. The molecule has 0 atom stereocenters. The minimum Gasteiger partial charge on any atom is -0.320 e. The van der Waals surface area contributed by atoms with E-state index in [-0.39, 0.29) is 5.91 Å². The fourth-order valence-electron chi connectivity index (χ4n) is 1.87. The van der Waals surface area contributed by atoms with Crippen molar-refractivity contribution in [3.05, 3.63) is 21.9 Å². The van der Waals surface area contributed by atoms with E-state index in [0.29, 0.717) is 11.4 Å². The van der Waals surface area contributed by atoms with Gasteiger partial charge in [-0.3, -0.25) is 10.2 Å². The monoisotopic (exact) mass is 263 g/mol. The highest BCUT2D eigenvalue weighted by Gasteiger charge is 2.15. The Labute approximate surface area is 111 Å². The summed E-state index contributed by atoms with van der Waals surface area (Å²) in [4.78, 5) is 13.6. The van der Waals surface area contributed by atoms with Gasteiger partial charge in [-0.15, -0.1) is 11.3 Å². The van der Waals surface area contributed by atoms with Crippen LogP contribution in [0.2, 0.25) is 0 Å². The minimum absolute atomic E-state index is 0.0392. The standard InChI is InChI=1S/C13H17N3OS/c14-8-4-5-11-6-7-12(18-11)13(17)15-16-9-2-1-3-10-16/h6-7H,1-3,8-10,14H2,(H,15,17). The predicted octanol–water partition coefficient (Wildman–Crippen LogP) is 1.19. The average Bonchev–Trinajstić information content (AvgIpc) is 2.86. The van der Waals surface area contributed by atoms with Crippen molar-refractivity contribution in [2.45, 2.75) is 19.3 Å². The van der Waals surface area contributed by atoms with E-state index < -0.39 is 0 Å². The lowest BCUT2D eigenvalue weighted by Crippen LogP contribution is -2.44. The molecule has 1 aromatic heterocycles. The van der Waals surface area contributed by atoms with Crippen molar-refractivity contribution in [2.75, 3.05) is 19.6 Å². The molecule has 0 aliphatic carbocycles. The van der Waals surface area contributed by atoms with Gasteiger partial charge < -0.3 is 5.73 Å². The maximum atomic E-state index is 12.0. The molecule has 5 heteroatoms. The Morgan fingerprint density at radius 1 is 1.39 bits per heavy atom. The van der Waals surface area contributed by atoms with Gasteiger partial charge in [-0.1, -0.05) is 18.3 Å². The summed E-state index contributed by atoms with van der Waals surface area (Å²) in [5, 5.41) is 2.00. The highest BCUT2D eigenvalue weighted by atomic mass is 32.1. The van der Waals surface area contributed by atoms with Crippen molar-refractivity contribution in [3.8, 4) is 11.8 Å². The fraction of sp³-hybridized carbons (Fsp3) is 0.462. The molecule has 1 aliphatic rings. The molecule has 4 nitrogen and oxygen atoms in total. The van der Waals surface area contributed by atoms with E-state index >= 15 is 0 Å². The Morgan fingerprint density at radius 2 is 2.17 bits per heavy atom. The third kappa shape index (κ3) is 3.57. The molecule has 2 rings (SSSR count). The maximum Gasteiger partial charge on any atom is 0.275 e. The second kappa shape index (κ2) is 6.55. The number of piperidine rings is 1. The van der Waals surface area contributed by atoms with Crippen molar-refractivity contribution < 1.29 is 4.79 Å². The summed E-state index contributed by atoms with van der Waals surface area (Å²) in [6.45, 7) is 2.22. The van der Waals surface area contributed by atoms with Gasteiger partial charge in [-0.05, 0) is 25.0 Å². The molecule has 3 N–H and O–H groups in total. The van der Waals surface area contributed by atoms with Crippen molar-refractivity contribution in [3.63, 3.8) is 0 Å². The van der Waals surface area contributed by atoms with Crippen LogP contribution in [0.25, 0.3) is 0 Å². The number of hydrogen-bond acceptors (Lipinski definition) is 4. The number of hydrazine groups is 1. The van der Waals surface area contributed by atoms with Crippen LogP contribution in [0, 0.1) is 11.8 Å². The van der Waals surface area contributed by atoms with Crippen LogP contribution in [-0.4, -0.2) is 30.6 Å². The smallest absolute Gasteiger partial charge is 0.275 e. The SMILES string of the molecule is NCC#Cc1ccc(C(=O)NN2CCCCC2)s1. The molecule has 0 bridgehead atoms. The van der Waals surface area contributed by atoms with Crippen LogP contribution in [0.3, 0.4) is 0 Å². The van der Waals surface area contributed by atoms with Crippen LogP contribution >= 0.6 is 11.3 Å². The second-order valence-electron chi connectivity index (χ2n) is 4.16.